The van der Waals surface area contributed by atoms with Crippen LogP contribution in [0.1, 0.15) is 45.2 Å². The van der Waals surface area contributed by atoms with Crippen LogP contribution in [-0.2, 0) is 29.3 Å². The van der Waals surface area contributed by atoms with Gasteiger partial charge in [0.1, 0.15) is 0 Å². The molecule has 2 aromatic rings. The number of amides is 1. The minimum absolute atomic E-state index is 0.195. The summed E-state index contributed by atoms with van der Waals surface area (Å²) in [4.78, 5) is 18.4. The maximum atomic E-state index is 12.3. The summed E-state index contributed by atoms with van der Waals surface area (Å²) in [5.41, 5.74) is 1.81. The Morgan fingerprint density at radius 2 is 2.07 bits per heavy atom. The van der Waals surface area contributed by atoms with Crippen molar-refractivity contribution in [2.24, 2.45) is 0 Å². The normalized spacial score (nSPS) is 13.9. The van der Waals surface area contributed by atoms with E-state index in [-0.39, 0.29) is 16.6 Å². The lowest BCUT2D eigenvalue weighted by atomic mass is 10.0. The van der Waals surface area contributed by atoms with Crippen molar-refractivity contribution >= 4 is 44.6 Å². The molecule has 1 heterocycles. The van der Waals surface area contributed by atoms with Crippen molar-refractivity contribution in [2.75, 3.05) is 17.5 Å². The quantitative estimate of drug-likeness (QED) is 0.663. The molecule has 146 valence electrons. The average molecular weight is 428 g/mol. The number of hydrogen-bond donors (Lipinski definition) is 2. The van der Waals surface area contributed by atoms with Crippen LogP contribution in [0.3, 0.4) is 0 Å². The Labute approximate surface area is 168 Å². The van der Waals surface area contributed by atoms with Gasteiger partial charge in [0.05, 0.1) is 27.7 Å². The fourth-order valence-corrected chi connectivity index (χ4v) is 4.99. The summed E-state index contributed by atoms with van der Waals surface area (Å²) < 4.78 is 25.1. The van der Waals surface area contributed by atoms with Crippen LogP contribution in [0, 0.1) is 0 Å². The highest BCUT2D eigenvalue weighted by molar-refractivity contribution is 7.92. The molecular weight excluding hydrogens is 406 g/mol. The smallest absolute Gasteiger partial charge is 0.251 e. The van der Waals surface area contributed by atoms with Gasteiger partial charge in [-0.2, -0.15) is 0 Å². The lowest BCUT2D eigenvalue weighted by Crippen LogP contribution is -2.25. The molecule has 0 atom stereocenters. The number of nitrogens with zero attached hydrogens (tertiary/aromatic N) is 1. The maximum absolute atomic E-state index is 12.3. The van der Waals surface area contributed by atoms with E-state index in [1.165, 1.54) is 35.5 Å². The highest BCUT2D eigenvalue weighted by Gasteiger charge is 2.15. The summed E-state index contributed by atoms with van der Waals surface area (Å²) in [6.45, 7) is 0.528. The van der Waals surface area contributed by atoms with Gasteiger partial charge in [0.15, 0.2) is 0 Å². The molecule has 6 nitrogen and oxygen atoms in total. The first-order valence-corrected chi connectivity index (χ1v) is 11.9. The number of aromatic nitrogens is 1. The number of sulfonamides is 1. The van der Waals surface area contributed by atoms with Crippen molar-refractivity contribution in [1.29, 1.82) is 0 Å². The number of carbonyl (C=O) groups is 1. The SMILES string of the molecule is CS(=O)(=O)Nc1cc(C(=O)NCCCc2nc3c(s2)CCCC3)ccc1Cl. The Morgan fingerprint density at radius 1 is 1.30 bits per heavy atom. The molecule has 1 aromatic carbocycles. The first-order valence-electron chi connectivity index (χ1n) is 8.85. The number of halogens is 1. The van der Waals surface area contributed by atoms with Crippen molar-refractivity contribution in [3.8, 4) is 0 Å². The van der Waals surface area contributed by atoms with Crippen LogP contribution >= 0.6 is 22.9 Å². The van der Waals surface area contributed by atoms with E-state index in [4.69, 9.17) is 16.6 Å². The Balaban J connectivity index is 1.52. The van der Waals surface area contributed by atoms with Gasteiger partial charge in [-0.3, -0.25) is 9.52 Å². The third-order valence-corrected chi connectivity index (χ3v) is 6.40. The van der Waals surface area contributed by atoms with Crippen LogP contribution < -0.4 is 10.0 Å². The van der Waals surface area contributed by atoms with Crippen LogP contribution in [0.25, 0.3) is 0 Å². The average Bonchev–Trinajstić information content (AvgIpc) is 3.02. The van der Waals surface area contributed by atoms with Crippen LogP contribution in [0.2, 0.25) is 5.02 Å². The van der Waals surface area contributed by atoms with Crippen LogP contribution in [-0.4, -0.2) is 32.1 Å². The number of hydrogen-bond acceptors (Lipinski definition) is 5. The number of thiazole rings is 1. The molecule has 1 aliphatic rings. The van der Waals surface area contributed by atoms with Gasteiger partial charge in [0.2, 0.25) is 10.0 Å². The molecule has 0 radical (unpaired) electrons. The fourth-order valence-electron chi connectivity index (χ4n) is 3.00. The molecule has 27 heavy (non-hydrogen) atoms. The van der Waals surface area contributed by atoms with E-state index >= 15 is 0 Å². The van der Waals surface area contributed by atoms with Gasteiger partial charge in [0, 0.05) is 23.4 Å². The zero-order chi connectivity index (χ0) is 19.4. The van der Waals surface area contributed by atoms with Crippen LogP contribution in [0.4, 0.5) is 5.69 Å². The van der Waals surface area contributed by atoms with Gasteiger partial charge in [-0.15, -0.1) is 11.3 Å². The van der Waals surface area contributed by atoms with Gasteiger partial charge in [-0.1, -0.05) is 11.6 Å². The van der Waals surface area contributed by atoms with Gasteiger partial charge in [-0.25, -0.2) is 13.4 Å². The molecule has 0 spiro atoms. The molecule has 0 saturated carbocycles. The molecule has 0 unspecified atom stereocenters. The van der Waals surface area contributed by atoms with E-state index in [2.05, 4.69) is 10.0 Å². The summed E-state index contributed by atoms with van der Waals surface area (Å²) in [6, 6.07) is 4.51. The topological polar surface area (TPSA) is 88.2 Å². The molecule has 0 saturated heterocycles. The summed E-state index contributed by atoms with van der Waals surface area (Å²) in [6.07, 6.45) is 7.39. The number of nitrogens with one attached hydrogen (secondary N) is 2. The molecule has 2 N–H and O–H groups in total. The molecule has 1 aromatic heterocycles. The molecular formula is C18H22ClN3O3S2. The largest absolute Gasteiger partial charge is 0.352 e. The first-order chi connectivity index (χ1) is 12.8. The molecule has 0 bridgehead atoms. The number of rotatable bonds is 7. The summed E-state index contributed by atoms with van der Waals surface area (Å²) in [7, 11) is -3.47. The third-order valence-electron chi connectivity index (χ3n) is 4.27. The van der Waals surface area contributed by atoms with E-state index in [1.54, 1.807) is 17.4 Å². The predicted octanol–water partition coefficient (Wildman–Crippen LogP) is 3.41. The van der Waals surface area contributed by atoms with Crippen molar-refractivity contribution in [1.82, 2.24) is 10.3 Å². The van der Waals surface area contributed by atoms with Gasteiger partial charge < -0.3 is 5.32 Å². The second-order valence-electron chi connectivity index (χ2n) is 6.61. The first kappa shape index (κ1) is 20.1. The van der Waals surface area contributed by atoms with Gasteiger partial charge >= 0.3 is 0 Å². The second kappa shape index (κ2) is 8.58. The van der Waals surface area contributed by atoms with E-state index in [0.717, 1.165) is 36.9 Å². The zero-order valence-corrected chi connectivity index (χ0v) is 17.4. The summed E-state index contributed by atoms with van der Waals surface area (Å²) in [5.74, 6) is -0.262. The standard InChI is InChI=1S/C18H22ClN3O3S2/c1-27(24,25)22-15-11-12(8-9-13(15)19)18(23)20-10-4-7-17-21-14-5-2-3-6-16(14)26-17/h8-9,11,22H,2-7,10H2,1H3,(H,20,23). The molecule has 1 amide bonds. The Morgan fingerprint density at radius 3 is 2.81 bits per heavy atom. The van der Waals surface area contributed by atoms with Gasteiger partial charge in [0.25, 0.3) is 5.91 Å². The molecule has 3 rings (SSSR count). The van der Waals surface area contributed by atoms with Gasteiger partial charge in [-0.05, 0) is 50.3 Å². The number of carbonyl (C=O) groups excluding carboxylic acids is 1. The summed E-state index contributed by atoms with van der Waals surface area (Å²) >= 11 is 7.78. The zero-order valence-electron chi connectivity index (χ0n) is 15.0. The van der Waals surface area contributed by atoms with E-state index in [1.807, 2.05) is 0 Å². The number of fused-ring (bicyclic) bond motifs is 1. The highest BCUT2D eigenvalue weighted by atomic mass is 35.5. The number of benzene rings is 1. The minimum Gasteiger partial charge on any atom is -0.352 e. The minimum atomic E-state index is -3.47. The van der Waals surface area contributed by atoms with E-state index in [0.29, 0.717) is 12.1 Å². The molecule has 1 aliphatic carbocycles. The van der Waals surface area contributed by atoms with Crippen LogP contribution in [0.15, 0.2) is 18.2 Å². The van der Waals surface area contributed by atoms with Crippen molar-refractivity contribution in [2.45, 2.75) is 38.5 Å². The highest BCUT2D eigenvalue weighted by Crippen LogP contribution is 2.27. The monoisotopic (exact) mass is 427 g/mol. The number of aryl methyl sites for hydroxylation is 3. The van der Waals surface area contributed by atoms with Crippen molar-refractivity contribution in [3.05, 3.63) is 44.4 Å². The van der Waals surface area contributed by atoms with Crippen LogP contribution in [0.5, 0.6) is 0 Å². The molecule has 0 fully saturated rings. The third kappa shape index (κ3) is 5.67. The predicted molar refractivity (Wildman–Crippen MR) is 109 cm³/mol. The maximum Gasteiger partial charge on any atom is 0.251 e. The Kier molecular flexibility index (Phi) is 6.39. The molecule has 9 heteroatoms. The second-order valence-corrected chi connectivity index (χ2v) is 9.94. The van der Waals surface area contributed by atoms with Crippen molar-refractivity contribution in [3.63, 3.8) is 0 Å². The Bertz CT molecular complexity index is 918. The van der Waals surface area contributed by atoms with E-state index < -0.39 is 10.0 Å². The Hall–Kier alpha value is -1.64. The fraction of sp³-hybridized carbons (Fsp3) is 0.444. The van der Waals surface area contributed by atoms with E-state index in [9.17, 15) is 13.2 Å². The number of anilines is 1. The molecule has 0 aliphatic heterocycles. The summed E-state index contributed by atoms with van der Waals surface area (Å²) in [5, 5.41) is 4.24. The van der Waals surface area contributed by atoms with Crippen molar-refractivity contribution < 1.29 is 13.2 Å². The lowest BCUT2D eigenvalue weighted by Gasteiger charge is -2.09. The lowest BCUT2D eigenvalue weighted by molar-refractivity contribution is 0.0953.